The number of rotatable bonds is 3. The Morgan fingerprint density at radius 2 is 2.10 bits per heavy atom. The van der Waals surface area contributed by atoms with E-state index < -0.39 is 5.92 Å². The van der Waals surface area contributed by atoms with Crippen molar-refractivity contribution >= 4 is 5.82 Å². The maximum atomic E-state index is 13.7. The molecule has 0 bridgehead atoms. The molecule has 2 aromatic heterocycles. The van der Waals surface area contributed by atoms with Crippen LogP contribution in [-0.4, -0.2) is 48.6 Å². The second kappa shape index (κ2) is 6.75. The molecular formula is C20H20F2N6O. The Balaban J connectivity index is 1.45. The van der Waals surface area contributed by atoms with Gasteiger partial charge in [0.05, 0.1) is 16.9 Å². The zero-order valence-corrected chi connectivity index (χ0v) is 15.7. The molecular weight excluding hydrogens is 378 g/mol. The fraction of sp³-hybridized carbons (Fsp3) is 0.400. The van der Waals surface area contributed by atoms with E-state index in [1.807, 2.05) is 11.0 Å². The van der Waals surface area contributed by atoms with Crippen molar-refractivity contribution in [2.75, 3.05) is 11.4 Å². The number of alkyl halides is 2. The number of aromatic nitrogens is 5. The van der Waals surface area contributed by atoms with E-state index in [9.17, 15) is 13.9 Å². The number of phenols is 1. The van der Waals surface area contributed by atoms with E-state index in [1.54, 1.807) is 35.3 Å². The van der Waals surface area contributed by atoms with Gasteiger partial charge in [-0.2, -0.15) is 5.10 Å². The molecule has 0 unspecified atom stereocenters. The summed E-state index contributed by atoms with van der Waals surface area (Å²) in [7, 11) is 0. The van der Waals surface area contributed by atoms with Gasteiger partial charge in [0, 0.05) is 43.9 Å². The van der Waals surface area contributed by atoms with E-state index in [1.165, 1.54) is 0 Å². The van der Waals surface area contributed by atoms with Crippen molar-refractivity contribution in [2.45, 2.75) is 44.1 Å². The number of hydrogen-bond acceptors (Lipinski definition) is 6. The van der Waals surface area contributed by atoms with Crippen LogP contribution in [0.2, 0.25) is 0 Å². The third kappa shape index (κ3) is 3.30. The number of fused-ring (bicyclic) bond motifs is 1. The van der Waals surface area contributed by atoms with Crippen molar-refractivity contribution in [3.05, 3.63) is 42.4 Å². The second-order valence-electron chi connectivity index (χ2n) is 7.61. The fourth-order valence-electron chi connectivity index (χ4n) is 4.20. The third-order valence-electron chi connectivity index (χ3n) is 5.63. The number of anilines is 1. The van der Waals surface area contributed by atoms with E-state index in [-0.39, 0.29) is 24.6 Å². The van der Waals surface area contributed by atoms with Crippen molar-refractivity contribution in [1.29, 1.82) is 0 Å². The van der Waals surface area contributed by atoms with Crippen molar-refractivity contribution in [2.24, 2.45) is 0 Å². The molecule has 5 rings (SSSR count). The van der Waals surface area contributed by atoms with Crippen molar-refractivity contribution in [1.82, 2.24) is 25.0 Å². The van der Waals surface area contributed by atoms with Gasteiger partial charge in [0.2, 0.25) is 5.92 Å². The van der Waals surface area contributed by atoms with E-state index in [0.717, 1.165) is 17.8 Å². The summed E-state index contributed by atoms with van der Waals surface area (Å²) in [5, 5.41) is 23.2. The third-order valence-corrected chi connectivity index (χ3v) is 5.63. The minimum Gasteiger partial charge on any atom is -0.507 e. The van der Waals surface area contributed by atoms with E-state index >= 15 is 0 Å². The molecule has 3 aromatic rings. The lowest BCUT2D eigenvalue weighted by Crippen LogP contribution is -2.39. The smallest absolute Gasteiger partial charge is 0.250 e. The summed E-state index contributed by atoms with van der Waals surface area (Å²) >= 11 is 0. The molecule has 1 aliphatic heterocycles. The Hall–Kier alpha value is -3.10. The van der Waals surface area contributed by atoms with Crippen molar-refractivity contribution in [3.8, 4) is 22.8 Å². The summed E-state index contributed by atoms with van der Waals surface area (Å²) in [6, 6.07) is 6.71. The van der Waals surface area contributed by atoms with Crippen LogP contribution in [0.4, 0.5) is 14.6 Å². The molecule has 1 N–H and O–H groups in total. The molecule has 1 fully saturated rings. The van der Waals surface area contributed by atoms with Crippen LogP contribution in [0.25, 0.3) is 17.1 Å². The zero-order valence-electron chi connectivity index (χ0n) is 15.7. The van der Waals surface area contributed by atoms with Crippen LogP contribution in [0, 0.1) is 0 Å². The molecule has 1 aromatic carbocycles. The van der Waals surface area contributed by atoms with Gasteiger partial charge in [0.15, 0.2) is 11.6 Å². The summed E-state index contributed by atoms with van der Waals surface area (Å²) in [5.74, 6) is -1.66. The number of aryl methyl sites for hydroxylation is 1. The number of phenolic OH excluding ortho intramolecular Hbond substituents is 1. The van der Waals surface area contributed by atoms with Gasteiger partial charge < -0.3 is 10.0 Å². The Kier molecular flexibility index (Phi) is 4.18. The lowest BCUT2D eigenvalue weighted by atomic mass is 10.1. The van der Waals surface area contributed by atoms with Crippen molar-refractivity contribution < 1.29 is 13.9 Å². The van der Waals surface area contributed by atoms with Gasteiger partial charge >= 0.3 is 0 Å². The highest BCUT2D eigenvalue weighted by atomic mass is 19.3. The normalized spacial score (nSPS) is 20.6. The van der Waals surface area contributed by atoms with Gasteiger partial charge in [0.25, 0.3) is 0 Å². The molecule has 0 saturated heterocycles. The van der Waals surface area contributed by atoms with Gasteiger partial charge in [-0.05, 0) is 37.5 Å². The topological polar surface area (TPSA) is 80.0 Å². The fourth-order valence-corrected chi connectivity index (χ4v) is 4.20. The van der Waals surface area contributed by atoms with Gasteiger partial charge in [0.1, 0.15) is 5.75 Å². The number of benzene rings is 1. The number of halogens is 2. The SMILES string of the molecule is Oc1cc(-n2cccn2)ccc1-c1nnc2c(n1)CCCN2[C@H]1CCC(F)(F)C1. The van der Waals surface area contributed by atoms with Gasteiger partial charge in [-0.3, -0.25) is 0 Å². The first-order valence-corrected chi connectivity index (χ1v) is 9.72. The molecule has 9 heteroatoms. The molecule has 0 radical (unpaired) electrons. The maximum Gasteiger partial charge on any atom is 0.250 e. The monoisotopic (exact) mass is 398 g/mol. The Morgan fingerprint density at radius 3 is 2.83 bits per heavy atom. The van der Waals surface area contributed by atoms with Crippen LogP contribution < -0.4 is 4.90 Å². The second-order valence-corrected chi connectivity index (χ2v) is 7.61. The van der Waals surface area contributed by atoms with Crippen LogP contribution in [0.1, 0.15) is 31.4 Å². The van der Waals surface area contributed by atoms with Crippen LogP contribution in [0.5, 0.6) is 5.75 Å². The van der Waals surface area contributed by atoms with Crippen LogP contribution in [0.15, 0.2) is 36.7 Å². The van der Waals surface area contributed by atoms with Crippen LogP contribution >= 0.6 is 0 Å². The molecule has 7 nitrogen and oxygen atoms in total. The molecule has 0 spiro atoms. The minimum absolute atomic E-state index is 0.0304. The predicted molar refractivity (Wildman–Crippen MR) is 102 cm³/mol. The number of aromatic hydroxyl groups is 1. The Bertz CT molecular complexity index is 1040. The van der Waals surface area contributed by atoms with Crippen LogP contribution in [0.3, 0.4) is 0 Å². The molecule has 29 heavy (non-hydrogen) atoms. The van der Waals surface area contributed by atoms with Gasteiger partial charge in [-0.15, -0.1) is 10.2 Å². The van der Waals surface area contributed by atoms with E-state index in [4.69, 9.17) is 0 Å². The predicted octanol–water partition coefficient (Wildman–Crippen LogP) is 3.37. The first-order chi connectivity index (χ1) is 14.0. The molecule has 3 heterocycles. The molecule has 2 aliphatic rings. The molecule has 1 atom stereocenters. The molecule has 150 valence electrons. The average molecular weight is 398 g/mol. The quantitative estimate of drug-likeness (QED) is 0.729. The van der Waals surface area contributed by atoms with Crippen molar-refractivity contribution in [3.63, 3.8) is 0 Å². The number of nitrogens with zero attached hydrogens (tertiary/aromatic N) is 6. The highest BCUT2D eigenvalue weighted by Gasteiger charge is 2.43. The highest BCUT2D eigenvalue weighted by molar-refractivity contribution is 5.66. The summed E-state index contributed by atoms with van der Waals surface area (Å²) in [6.45, 7) is 0.688. The summed E-state index contributed by atoms with van der Waals surface area (Å²) in [4.78, 5) is 6.54. The van der Waals surface area contributed by atoms with E-state index in [2.05, 4.69) is 20.3 Å². The maximum absolute atomic E-state index is 13.7. The zero-order chi connectivity index (χ0) is 20.0. The first kappa shape index (κ1) is 18.0. The Labute approximate surface area is 166 Å². The van der Waals surface area contributed by atoms with Gasteiger partial charge in [-0.1, -0.05) is 0 Å². The molecule has 0 amide bonds. The highest BCUT2D eigenvalue weighted by Crippen LogP contribution is 2.40. The summed E-state index contributed by atoms with van der Waals surface area (Å²) in [6.07, 6.45) is 5.21. The summed E-state index contributed by atoms with van der Waals surface area (Å²) < 4.78 is 29.0. The van der Waals surface area contributed by atoms with Crippen LogP contribution in [-0.2, 0) is 6.42 Å². The minimum atomic E-state index is -2.61. The largest absolute Gasteiger partial charge is 0.507 e. The van der Waals surface area contributed by atoms with E-state index in [0.29, 0.717) is 36.6 Å². The average Bonchev–Trinajstić information content (AvgIpc) is 3.36. The molecule has 1 aliphatic carbocycles. The number of hydrogen-bond donors (Lipinski definition) is 1. The summed E-state index contributed by atoms with van der Waals surface area (Å²) in [5.41, 5.74) is 1.93. The Morgan fingerprint density at radius 1 is 1.21 bits per heavy atom. The standard InChI is InChI=1S/C20H20F2N6O/c21-20(22)7-6-14(12-20)27-9-1-3-16-19(27)26-25-18(24-16)15-5-4-13(11-17(15)29)28-10-2-8-23-28/h2,4-5,8,10-11,14,29H,1,3,6-7,9,12H2/t14-/m0/s1. The lowest BCUT2D eigenvalue weighted by molar-refractivity contribution is 0.00769. The lowest BCUT2D eigenvalue weighted by Gasteiger charge is -2.34. The first-order valence-electron chi connectivity index (χ1n) is 9.72. The molecule has 1 saturated carbocycles. The van der Waals surface area contributed by atoms with Gasteiger partial charge in [-0.25, -0.2) is 18.4 Å².